The summed E-state index contributed by atoms with van der Waals surface area (Å²) in [7, 11) is 0. The largest absolute Gasteiger partial charge is 0.478 e. The van der Waals surface area contributed by atoms with Crippen molar-refractivity contribution >= 4 is 11.9 Å². The number of carboxylic acids is 2. The van der Waals surface area contributed by atoms with Crippen molar-refractivity contribution in [2.45, 2.75) is 19.9 Å². The van der Waals surface area contributed by atoms with Crippen LogP contribution in [0.4, 0.5) is 0 Å². The molecule has 1 aliphatic rings. The fraction of sp³-hybridized carbons (Fsp3) is 0.556. The monoisotopic (exact) mass is 199 g/mol. The van der Waals surface area contributed by atoms with Gasteiger partial charge in [0.2, 0.25) is 0 Å². The fourth-order valence-electron chi connectivity index (χ4n) is 1.41. The highest BCUT2D eigenvalue weighted by molar-refractivity contribution is 6.00. The van der Waals surface area contributed by atoms with Gasteiger partial charge in [0.1, 0.15) is 0 Å². The molecule has 0 amide bonds. The van der Waals surface area contributed by atoms with Gasteiger partial charge in [-0.25, -0.2) is 9.59 Å². The molecule has 1 heterocycles. The van der Waals surface area contributed by atoms with Crippen molar-refractivity contribution < 1.29 is 19.8 Å². The minimum Gasteiger partial charge on any atom is -0.478 e. The number of hydrogen-bond donors (Lipinski definition) is 2. The van der Waals surface area contributed by atoms with Crippen LogP contribution in [0.15, 0.2) is 11.1 Å². The van der Waals surface area contributed by atoms with E-state index in [2.05, 4.69) is 0 Å². The van der Waals surface area contributed by atoms with Gasteiger partial charge in [-0.15, -0.1) is 0 Å². The number of aliphatic carboxylic acids is 2. The maximum atomic E-state index is 10.7. The topological polar surface area (TPSA) is 77.8 Å². The smallest absolute Gasteiger partial charge is 0.333 e. The molecule has 0 spiro atoms. The Morgan fingerprint density at radius 3 is 1.71 bits per heavy atom. The van der Waals surface area contributed by atoms with E-state index in [9.17, 15) is 9.59 Å². The van der Waals surface area contributed by atoms with Crippen molar-refractivity contribution in [1.82, 2.24) is 4.90 Å². The minimum absolute atomic E-state index is 0.00574. The molecule has 5 heteroatoms. The molecule has 0 bridgehead atoms. The van der Waals surface area contributed by atoms with E-state index in [1.807, 2.05) is 18.7 Å². The summed E-state index contributed by atoms with van der Waals surface area (Å²) in [6.45, 7) is 4.25. The lowest BCUT2D eigenvalue weighted by Gasteiger charge is -2.19. The van der Waals surface area contributed by atoms with Gasteiger partial charge in [0.05, 0.1) is 11.1 Å². The zero-order chi connectivity index (χ0) is 10.9. The molecular weight excluding hydrogens is 186 g/mol. The molecule has 0 fully saturated rings. The van der Waals surface area contributed by atoms with Crippen LogP contribution in [0.2, 0.25) is 0 Å². The molecule has 0 aromatic rings. The first kappa shape index (κ1) is 10.7. The molecule has 1 rings (SSSR count). The van der Waals surface area contributed by atoms with Crippen molar-refractivity contribution in [2.24, 2.45) is 0 Å². The van der Waals surface area contributed by atoms with Gasteiger partial charge in [0.15, 0.2) is 0 Å². The second-order valence-electron chi connectivity index (χ2n) is 3.57. The van der Waals surface area contributed by atoms with E-state index in [1.54, 1.807) is 0 Å². The van der Waals surface area contributed by atoms with Gasteiger partial charge in [-0.1, -0.05) is 0 Å². The Kier molecular flexibility index (Phi) is 2.90. The van der Waals surface area contributed by atoms with E-state index < -0.39 is 11.9 Å². The predicted octanol–water partition coefficient (Wildman–Crippen LogP) is 0.176. The first-order chi connectivity index (χ1) is 6.43. The molecule has 0 aromatic heterocycles. The number of hydrogen-bond acceptors (Lipinski definition) is 3. The molecule has 1 aliphatic heterocycles. The van der Waals surface area contributed by atoms with Crippen LogP contribution in [0.25, 0.3) is 0 Å². The maximum absolute atomic E-state index is 10.7. The summed E-state index contributed by atoms with van der Waals surface area (Å²) in [6.07, 6.45) is 0. The highest BCUT2D eigenvalue weighted by Gasteiger charge is 2.31. The van der Waals surface area contributed by atoms with Crippen LogP contribution in [0.5, 0.6) is 0 Å². The van der Waals surface area contributed by atoms with E-state index in [4.69, 9.17) is 10.2 Å². The van der Waals surface area contributed by atoms with Crippen molar-refractivity contribution in [2.75, 3.05) is 13.1 Å². The summed E-state index contributed by atoms with van der Waals surface area (Å²) >= 11 is 0. The zero-order valence-electron chi connectivity index (χ0n) is 8.15. The van der Waals surface area contributed by atoms with E-state index in [1.165, 1.54) is 0 Å². The van der Waals surface area contributed by atoms with Gasteiger partial charge in [0, 0.05) is 19.1 Å². The summed E-state index contributed by atoms with van der Waals surface area (Å²) in [5.41, 5.74) is 0.0115. The van der Waals surface area contributed by atoms with Gasteiger partial charge in [-0.2, -0.15) is 0 Å². The average molecular weight is 199 g/mol. The van der Waals surface area contributed by atoms with Crippen LogP contribution < -0.4 is 0 Å². The lowest BCUT2D eigenvalue weighted by Crippen LogP contribution is -2.30. The predicted molar refractivity (Wildman–Crippen MR) is 49.0 cm³/mol. The molecule has 78 valence electrons. The van der Waals surface area contributed by atoms with E-state index >= 15 is 0 Å². The molecule has 0 atom stereocenters. The third kappa shape index (κ3) is 1.93. The van der Waals surface area contributed by atoms with Crippen LogP contribution in [0.3, 0.4) is 0 Å². The third-order valence-corrected chi connectivity index (χ3v) is 2.33. The SMILES string of the molecule is CC(C)N1CC(C(=O)O)=C(C(=O)O)C1. The fourth-order valence-corrected chi connectivity index (χ4v) is 1.41. The summed E-state index contributed by atoms with van der Waals surface area (Å²) < 4.78 is 0. The van der Waals surface area contributed by atoms with Gasteiger partial charge < -0.3 is 10.2 Å². The number of nitrogens with zero attached hydrogens (tertiary/aromatic N) is 1. The molecule has 0 radical (unpaired) electrons. The molecule has 0 aromatic carbocycles. The minimum atomic E-state index is -1.13. The third-order valence-electron chi connectivity index (χ3n) is 2.33. The van der Waals surface area contributed by atoms with Crippen molar-refractivity contribution in [3.05, 3.63) is 11.1 Å². The highest BCUT2D eigenvalue weighted by atomic mass is 16.4. The van der Waals surface area contributed by atoms with Gasteiger partial charge in [-0.05, 0) is 13.8 Å². The quantitative estimate of drug-likeness (QED) is 0.677. The number of rotatable bonds is 3. The maximum Gasteiger partial charge on any atom is 0.333 e. The summed E-state index contributed by atoms with van der Waals surface area (Å²) in [5, 5.41) is 17.6. The Bertz CT molecular complexity index is 280. The van der Waals surface area contributed by atoms with Gasteiger partial charge >= 0.3 is 11.9 Å². The Balaban J connectivity index is 2.90. The first-order valence-electron chi connectivity index (χ1n) is 4.36. The Hall–Kier alpha value is -1.36. The summed E-state index contributed by atoms with van der Waals surface area (Å²) in [4.78, 5) is 23.3. The summed E-state index contributed by atoms with van der Waals surface area (Å²) in [6, 6.07) is 0.154. The summed E-state index contributed by atoms with van der Waals surface area (Å²) in [5.74, 6) is -2.27. The van der Waals surface area contributed by atoms with E-state index in [0.29, 0.717) is 0 Å². The first-order valence-corrected chi connectivity index (χ1v) is 4.36. The van der Waals surface area contributed by atoms with Crippen molar-refractivity contribution in [3.8, 4) is 0 Å². The molecule has 2 N–H and O–H groups in total. The molecule has 14 heavy (non-hydrogen) atoms. The Morgan fingerprint density at radius 2 is 1.50 bits per heavy atom. The second-order valence-corrected chi connectivity index (χ2v) is 3.57. The van der Waals surface area contributed by atoms with Crippen LogP contribution >= 0.6 is 0 Å². The lowest BCUT2D eigenvalue weighted by molar-refractivity contribution is -0.135. The molecule has 5 nitrogen and oxygen atoms in total. The van der Waals surface area contributed by atoms with Gasteiger partial charge in [0.25, 0.3) is 0 Å². The zero-order valence-corrected chi connectivity index (χ0v) is 8.15. The molecule has 0 aliphatic carbocycles. The second kappa shape index (κ2) is 3.79. The molecular formula is C9H13NO4. The van der Waals surface area contributed by atoms with Crippen LogP contribution in [0, 0.1) is 0 Å². The van der Waals surface area contributed by atoms with Crippen molar-refractivity contribution in [3.63, 3.8) is 0 Å². The van der Waals surface area contributed by atoms with Crippen LogP contribution in [-0.2, 0) is 9.59 Å². The average Bonchev–Trinajstić information content (AvgIpc) is 2.47. The van der Waals surface area contributed by atoms with Crippen LogP contribution in [-0.4, -0.2) is 46.2 Å². The number of carboxylic acid groups (broad SMARTS) is 2. The van der Waals surface area contributed by atoms with E-state index in [0.717, 1.165) is 0 Å². The standard InChI is InChI=1S/C9H13NO4/c1-5(2)10-3-6(8(11)12)7(4-10)9(13)14/h5H,3-4H2,1-2H3,(H,11,12)(H,13,14). The van der Waals surface area contributed by atoms with Gasteiger partial charge in [-0.3, -0.25) is 4.90 Å². The normalized spacial score (nSPS) is 17.9. The Morgan fingerprint density at radius 1 is 1.14 bits per heavy atom. The van der Waals surface area contributed by atoms with Crippen molar-refractivity contribution in [1.29, 1.82) is 0 Å². The van der Waals surface area contributed by atoms with Crippen LogP contribution in [0.1, 0.15) is 13.8 Å². The lowest BCUT2D eigenvalue weighted by atomic mass is 10.1. The Labute approximate surface area is 81.6 Å². The number of carbonyl (C=O) groups is 2. The van der Waals surface area contributed by atoms with E-state index in [-0.39, 0.29) is 30.3 Å². The highest BCUT2D eigenvalue weighted by Crippen LogP contribution is 2.19. The molecule has 0 saturated heterocycles. The molecule has 0 saturated carbocycles. The molecule has 0 unspecified atom stereocenters.